The van der Waals surface area contributed by atoms with Crippen molar-refractivity contribution in [3.8, 4) is 0 Å². The topological polar surface area (TPSA) is 86.3 Å². The van der Waals surface area contributed by atoms with Gasteiger partial charge in [0.1, 0.15) is 0 Å². The number of carbonyl (C=O) groups is 2. The first-order valence-corrected chi connectivity index (χ1v) is 8.77. The number of nitrogens with one attached hydrogen (secondary N) is 2. The van der Waals surface area contributed by atoms with E-state index in [9.17, 15) is 9.59 Å². The van der Waals surface area contributed by atoms with Crippen molar-refractivity contribution in [2.24, 2.45) is 4.99 Å². The molecule has 1 aliphatic rings. The molecule has 0 unspecified atom stereocenters. The average molecular weight is 361 g/mol. The lowest BCUT2D eigenvalue weighted by Crippen LogP contribution is -2.53. The lowest BCUT2D eigenvalue weighted by atomic mass is 10.2. The predicted octanol–water partition coefficient (Wildman–Crippen LogP) is 1.49. The second kappa shape index (κ2) is 9.65. The van der Waals surface area contributed by atoms with Gasteiger partial charge in [-0.3, -0.25) is 9.79 Å². The molecule has 1 saturated heterocycles. The van der Waals surface area contributed by atoms with Crippen LogP contribution in [0.25, 0.3) is 0 Å². The van der Waals surface area contributed by atoms with Gasteiger partial charge in [0, 0.05) is 52.4 Å². The molecule has 1 aromatic carbocycles. The van der Waals surface area contributed by atoms with Crippen LogP contribution in [0.5, 0.6) is 0 Å². The van der Waals surface area contributed by atoms with Crippen LogP contribution in [0.4, 0.5) is 10.5 Å². The quantitative estimate of drug-likeness (QED) is 0.627. The van der Waals surface area contributed by atoms with Gasteiger partial charge in [-0.25, -0.2) is 4.79 Å². The van der Waals surface area contributed by atoms with Crippen LogP contribution >= 0.6 is 0 Å². The van der Waals surface area contributed by atoms with E-state index in [2.05, 4.69) is 20.5 Å². The zero-order valence-corrected chi connectivity index (χ0v) is 15.6. The summed E-state index contributed by atoms with van der Waals surface area (Å²) in [5.41, 5.74) is 1.82. The Bertz CT molecular complexity index is 654. The fourth-order valence-electron chi connectivity index (χ4n) is 2.79. The molecule has 142 valence electrons. The minimum absolute atomic E-state index is 0.0922. The molecule has 2 rings (SSSR count). The number of nitrogens with zero attached hydrogens (tertiary/aromatic N) is 3. The molecule has 0 aromatic heterocycles. The predicted molar refractivity (Wildman–Crippen MR) is 101 cm³/mol. The average Bonchev–Trinajstić information content (AvgIpc) is 2.63. The highest BCUT2D eigenvalue weighted by Crippen LogP contribution is 2.11. The van der Waals surface area contributed by atoms with Crippen LogP contribution in [0.3, 0.4) is 0 Å². The highest BCUT2D eigenvalue weighted by Gasteiger charge is 2.23. The summed E-state index contributed by atoms with van der Waals surface area (Å²) in [6.07, 6.45) is -0.259. The summed E-state index contributed by atoms with van der Waals surface area (Å²) in [4.78, 5) is 31.1. The minimum Gasteiger partial charge on any atom is -0.450 e. The van der Waals surface area contributed by atoms with Crippen molar-refractivity contribution in [3.63, 3.8) is 0 Å². The molecule has 1 fully saturated rings. The molecular formula is C18H27N5O3. The molecule has 0 bridgehead atoms. The molecule has 0 radical (unpaired) electrons. The number of piperazine rings is 1. The standard InChI is InChI=1S/C18H27N5O3/c1-4-26-18(25)23-10-8-22(9-11-23)17(19-3)20-13-15-6-5-7-16(12-15)21-14(2)24/h5-7,12H,4,8-11,13H2,1-3H3,(H,19,20)(H,21,24). The van der Waals surface area contributed by atoms with Gasteiger partial charge in [-0.1, -0.05) is 12.1 Å². The number of hydrogen-bond acceptors (Lipinski definition) is 4. The van der Waals surface area contributed by atoms with E-state index in [4.69, 9.17) is 4.74 Å². The summed E-state index contributed by atoms with van der Waals surface area (Å²) in [5.74, 6) is 0.698. The Balaban J connectivity index is 1.87. The molecular weight excluding hydrogens is 334 g/mol. The van der Waals surface area contributed by atoms with Crippen LogP contribution in [-0.4, -0.2) is 67.6 Å². The summed E-state index contributed by atoms with van der Waals surface area (Å²) in [7, 11) is 1.74. The molecule has 0 spiro atoms. The maximum absolute atomic E-state index is 11.8. The monoisotopic (exact) mass is 361 g/mol. The van der Waals surface area contributed by atoms with Crippen molar-refractivity contribution < 1.29 is 14.3 Å². The molecule has 26 heavy (non-hydrogen) atoms. The number of amides is 2. The number of benzene rings is 1. The Morgan fingerprint density at radius 1 is 1.19 bits per heavy atom. The van der Waals surface area contributed by atoms with Crippen LogP contribution in [0.15, 0.2) is 29.3 Å². The number of aliphatic imine (C=N–C) groups is 1. The molecule has 1 aliphatic heterocycles. The minimum atomic E-state index is -0.259. The highest BCUT2D eigenvalue weighted by molar-refractivity contribution is 5.88. The van der Waals surface area contributed by atoms with Crippen molar-refractivity contribution in [1.82, 2.24) is 15.1 Å². The van der Waals surface area contributed by atoms with Gasteiger partial charge in [0.05, 0.1) is 6.61 Å². The molecule has 8 nitrogen and oxygen atoms in total. The molecule has 2 amide bonds. The van der Waals surface area contributed by atoms with Gasteiger partial charge in [0.2, 0.25) is 5.91 Å². The van der Waals surface area contributed by atoms with Crippen LogP contribution in [0.1, 0.15) is 19.4 Å². The highest BCUT2D eigenvalue weighted by atomic mass is 16.6. The Labute approximate surface area is 154 Å². The normalized spacial score (nSPS) is 14.8. The number of hydrogen-bond donors (Lipinski definition) is 2. The van der Waals surface area contributed by atoms with Crippen molar-refractivity contribution in [2.75, 3.05) is 45.2 Å². The zero-order valence-electron chi connectivity index (χ0n) is 15.6. The van der Waals surface area contributed by atoms with Crippen LogP contribution < -0.4 is 10.6 Å². The Morgan fingerprint density at radius 2 is 1.88 bits per heavy atom. The smallest absolute Gasteiger partial charge is 0.409 e. The largest absolute Gasteiger partial charge is 0.450 e. The second-order valence-electron chi connectivity index (χ2n) is 5.96. The van der Waals surface area contributed by atoms with E-state index in [1.165, 1.54) is 6.92 Å². The molecule has 8 heteroatoms. The first kappa shape index (κ1) is 19.6. The van der Waals surface area contributed by atoms with Gasteiger partial charge in [0.15, 0.2) is 5.96 Å². The van der Waals surface area contributed by atoms with Crippen molar-refractivity contribution in [2.45, 2.75) is 20.4 Å². The Kier molecular flexibility index (Phi) is 7.25. The maximum atomic E-state index is 11.8. The number of ether oxygens (including phenoxy) is 1. The summed E-state index contributed by atoms with van der Waals surface area (Å²) >= 11 is 0. The molecule has 0 aliphatic carbocycles. The van der Waals surface area contributed by atoms with Crippen LogP contribution in [-0.2, 0) is 16.1 Å². The third kappa shape index (κ3) is 5.65. The van der Waals surface area contributed by atoms with Crippen LogP contribution in [0, 0.1) is 0 Å². The van der Waals surface area contributed by atoms with Crippen LogP contribution in [0.2, 0.25) is 0 Å². The number of carbonyl (C=O) groups excluding carboxylic acids is 2. The molecule has 2 N–H and O–H groups in total. The number of rotatable bonds is 4. The summed E-state index contributed by atoms with van der Waals surface area (Å²) in [6.45, 7) is 6.89. The van der Waals surface area contributed by atoms with Crippen molar-refractivity contribution >= 4 is 23.6 Å². The van der Waals surface area contributed by atoms with Gasteiger partial charge in [-0.05, 0) is 24.6 Å². The first-order chi connectivity index (χ1) is 12.5. The lowest BCUT2D eigenvalue weighted by molar-refractivity contribution is -0.114. The fourth-order valence-corrected chi connectivity index (χ4v) is 2.79. The van der Waals surface area contributed by atoms with Gasteiger partial charge < -0.3 is 25.2 Å². The van der Waals surface area contributed by atoms with Crippen molar-refractivity contribution in [3.05, 3.63) is 29.8 Å². The van der Waals surface area contributed by atoms with Gasteiger partial charge >= 0.3 is 6.09 Å². The van der Waals surface area contributed by atoms with Gasteiger partial charge in [-0.2, -0.15) is 0 Å². The van der Waals surface area contributed by atoms with E-state index in [1.807, 2.05) is 24.3 Å². The third-order valence-electron chi connectivity index (χ3n) is 4.01. The number of anilines is 1. The Morgan fingerprint density at radius 3 is 2.50 bits per heavy atom. The first-order valence-electron chi connectivity index (χ1n) is 8.77. The summed E-state index contributed by atoms with van der Waals surface area (Å²) in [5, 5.41) is 6.11. The lowest BCUT2D eigenvalue weighted by Gasteiger charge is -2.35. The Hall–Kier alpha value is -2.77. The second-order valence-corrected chi connectivity index (χ2v) is 5.96. The molecule has 1 heterocycles. The van der Waals surface area contributed by atoms with Gasteiger partial charge in [0.25, 0.3) is 0 Å². The molecule has 1 aromatic rings. The van der Waals surface area contributed by atoms with E-state index >= 15 is 0 Å². The zero-order chi connectivity index (χ0) is 18.9. The third-order valence-corrected chi connectivity index (χ3v) is 4.01. The summed E-state index contributed by atoms with van der Waals surface area (Å²) < 4.78 is 5.04. The van der Waals surface area contributed by atoms with Gasteiger partial charge in [-0.15, -0.1) is 0 Å². The fraction of sp³-hybridized carbons (Fsp3) is 0.500. The maximum Gasteiger partial charge on any atom is 0.409 e. The van der Waals surface area contributed by atoms with E-state index in [0.29, 0.717) is 39.3 Å². The van der Waals surface area contributed by atoms with E-state index < -0.39 is 0 Å². The van der Waals surface area contributed by atoms with E-state index in [1.54, 1.807) is 18.9 Å². The molecule has 0 atom stereocenters. The van der Waals surface area contributed by atoms with E-state index in [0.717, 1.165) is 17.2 Å². The number of guanidine groups is 1. The summed E-state index contributed by atoms with van der Waals surface area (Å²) in [6, 6.07) is 7.68. The SMILES string of the molecule is CCOC(=O)N1CCN(C(=NC)NCc2cccc(NC(C)=O)c2)CC1. The molecule has 0 saturated carbocycles. The van der Waals surface area contributed by atoms with E-state index in [-0.39, 0.29) is 12.0 Å². The van der Waals surface area contributed by atoms with Crippen molar-refractivity contribution in [1.29, 1.82) is 0 Å².